The Hall–Kier alpha value is -3.26. The molecule has 0 radical (unpaired) electrons. The number of benzene rings is 3. The molecule has 2 unspecified atom stereocenters. The van der Waals surface area contributed by atoms with Gasteiger partial charge in [0.1, 0.15) is 0 Å². The van der Waals surface area contributed by atoms with Gasteiger partial charge in [-0.2, -0.15) is 0 Å². The standard InChI is InChI=1S/C24H21Cl2N5O2/c25-17-9-14(10-18(26)19(17)28)23(32)30-22-24(33)31-7-6-13-8-15(27)11-16(21(13)31)20(29-22)12-4-2-1-3-5-12/h1-5,8-11,22,24,33H,6-7,27-28H2,(H,30,32). The van der Waals surface area contributed by atoms with Crippen LogP contribution in [0.25, 0.3) is 0 Å². The van der Waals surface area contributed by atoms with E-state index in [0.717, 1.165) is 28.8 Å². The van der Waals surface area contributed by atoms with Crippen LogP contribution in [0.3, 0.4) is 0 Å². The molecule has 0 aliphatic carbocycles. The molecule has 2 atom stereocenters. The van der Waals surface area contributed by atoms with Crippen molar-refractivity contribution in [3.05, 3.63) is 86.9 Å². The largest absolute Gasteiger partial charge is 0.399 e. The van der Waals surface area contributed by atoms with Gasteiger partial charge in [0.25, 0.3) is 5.91 Å². The van der Waals surface area contributed by atoms with Crippen LogP contribution in [0.4, 0.5) is 17.1 Å². The number of amides is 1. The van der Waals surface area contributed by atoms with E-state index in [1.54, 1.807) is 0 Å². The van der Waals surface area contributed by atoms with Crippen molar-refractivity contribution in [3.63, 3.8) is 0 Å². The second kappa shape index (κ2) is 8.26. The number of hydrogen-bond acceptors (Lipinski definition) is 6. The molecule has 0 saturated heterocycles. The third-order valence-corrected chi connectivity index (χ3v) is 6.54. The van der Waals surface area contributed by atoms with E-state index in [2.05, 4.69) is 5.32 Å². The molecule has 2 aliphatic heterocycles. The number of aliphatic hydroxyl groups excluding tert-OH is 1. The van der Waals surface area contributed by atoms with Crippen molar-refractivity contribution in [2.24, 2.45) is 4.99 Å². The molecule has 33 heavy (non-hydrogen) atoms. The molecule has 2 aliphatic rings. The minimum absolute atomic E-state index is 0.176. The van der Waals surface area contributed by atoms with Crippen molar-refractivity contribution in [2.75, 3.05) is 22.9 Å². The topological polar surface area (TPSA) is 117 Å². The molecule has 2 heterocycles. The molecule has 168 valence electrons. The van der Waals surface area contributed by atoms with Gasteiger partial charge in [-0.3, -0.25) is 9.79 Å². The Morgan fingerprint density at radius 2 is 1.79 bits per heavy atom. The number of aliphatic imine (C=N–C) groups is 1. The average Bonchev–Trinajstić information content (AvgIpc) is 3.18. The van der Waals surface area contributed by atoms with Gasteiger partial charge in [0.2, 0.25) is 0 Å². The summed E-state index contributed by atoms with van der Waals surface area (Å²) in [6, 6.07) is 16.3. The quantitative estimate of drug-likeness (QED) is 0.427. The molecule has 0 spiro atoms. The van der Waals surface area contributed by atoms with E-state index in [4.69, 9.17) is 39.7 Å². The van der Waals surface area contributed by atoms with Crippen LogP contribution in [0.1, 0.15) is 27.0 Å². The smallest absolute Gasteiger partial charge is 0.253 e. The van der Waals surface area contributed by atoms with Crippen LogP contribution in [0.2, 0.25) is 10.0 Å². The lowest BCUT2D eigenvalue weighted by Gasteiger charge is -2.29. The summed E-state index contributed by atoms with van der Waals surface area (Å²) in [5, 5.41) is 14.5. The first-order valence-electron chi connectivity index (χ1n) is 10.4. The second-order valence-electron chi connectivity index (χ2n) is 8.05. The van der Waals surface area contributed by atoms with Crippen LogP contribution < -0.4 is 21.7 Å². The Morgan fingerprint density at radius 3 is 2.48 bits per heavy atom. The third kappa shape index (κ3) is 3.78. The number of carbonyl (C=O) groups excluding carboxylic acids is 1. The van der Waals surface area contributed by atoms with Gasteiger partial charge in [0, 0.05) is 28.9 Å². The molecule has 9 heteroatoms. The van der Waals surface area contributed by atoms with Crippen molar-refractivity contribution < 1.29 is 9.90 Å². The predicted octanol–water partition coefficient (Wildman–Crippen LogP) is 3.45. The molecule has 1 amide bonds. The number of nitrogen functional groups attached to an aromatic ring is 2. The van der Waals surface area contributed by atoms with Crippen molar-refractivity contribution >= 4 is 51.9 Å². The fraction of sp³-hybridized carbons (Fsp3) is 0.167. The zero-order valence-corrected chi connectivity index (χ0v) is 18.9. The first-order chi connectivity index (χ1) is 15.8. The van der Waals surface area contributed by atoms with E-state index in [9.17, 15) is 9.90 Å². The zero-order valence-electron chi connectivity index (χ0n) is 17.4. The molecule has 0 saturated carbocycles. The fourth-order valence-electron chi connectivity index (χ4n) is 4.36. The monoisotopic (exact) mass is 481 g/mol. The van der Waals surface area contributed by atoms with E-state index in [1.807, 2.05) is 47.4 Å². The first kappa shape index (κ1) is 21.6. The number of aliphatic hydroxyl groups is 1. The number of nitrogens with zero attached hydrogens (tertiary/aromatic N) is 2. The van der Waals surface area contributed by atoms with Crippen molar-refractivity contribution in [1.82, 2.24) is 5.32 Å². The SMILES string of the molecule is Nc1cc2c3c(c1)C(c1ccccc1)=NC(NC(=O)c1cc(Cl)c(N)c(Cl)c1)C(O)N3CC2. The van der Waals surface area contributed by atoms with Crippen molar-refractivity contribution in [3.8, 4) is 0 Å². The van der Waals surface area contributed by atoms with Crippen molar-refractivity contribution in [2.45, 2.75) is 18.8 Å². The van der Waals surface area contributed by atoms with E-state index in [1.165, 1.54) is 12.1 Å². The average molecular weight is 482 g/mol. The summed E-state index contributed by atoms with van der Waals surface area (Å²) >= 11 is 12.2. The third-order valence-electron chi connectivity index (χ3n) is 5.91. The maximum Gasteiger partial charge on any atom is 0.253 e. The Bertz CT molecular complexity index is 1270. The number of nitrogens with two attached hydrogens (primary N) is 2. The summed E-state index contributed by atoms with van der Waals surface area (Å²) in [7, 11) is 0. The second-order valence-corrected chi connectivity index (χ2v) is 8.86. The van der Waals surface area contributed by atoms with E-state index in [-0.39, 0.29) is 21.3 Å². The lowest BCUT2D eigenvalue weighted by Crippen LogP contribution is -2.50. The van der Waals surface area contributed by atoms with Gasteiger partial charge in [-0.25, -0.2) is 0 Å². The minimum Gasteiger partial charge on any atom is -0.399 e. The Balaban J connectivity index is 1.60. The van der Waals surface area contributed by atoms with Crippen LogP contribution in [0, 0.1) is 0 Å². The first-order valence-corrected chi connectivity index (χ1v) is 11.1. The number of carbonyl (C=O) groups is 1. The van der Waals surface area contributed by atoms with E-state index < -0.39 is 18.3 Å². The molecular formula is C24H21Cl2N5O2. The number of halogens is 2. The summed E-state index contributed by atoms with van der Waals surface area (Å²) < 4.78 is 0. The molecular weight excluding hydrogens is 461 g/mol. The summed E-state index contributed by atoms with van der Waals surface area (Å²) in [4.78, 5) is 19.7. The normalized spacial score (nSPS) is 19.0. The van der Waals surface area contributed by atoms with Gasteiger partial charge in [0.15, 0.2) is 12.4 Å². The van der Waals surface area contributed by atoms with Gasteiger partial charge in [-0.05, 0) is 36.2 Å². The molecule has 7 nitrogen and oxygen atoms in total. The van der Waals surface area contributed by atoms with Gasteiger partial charge in [-0.15, -0.1) is 0 Å². The van der Waals surface area contributed by atoms with Crippen LogP contribution in [0.5, 0.6) is 0 Å². The number of nitrogens with one attached hydrogen (secondary N) is 1. The summed E-state index contributed by atoms with van der Waals surface area (Å²) in [5.41, 5.74) is 17.3. The fourth-order valence-corrected chi connectivity index (χ4v) is 4.85. The highest BCUT2D eigenvalue weighted by Gasteiger charge is 2.37. The van der Waals surface area contributed by atoms with E-state index in [0.29, 0.717) is 17.9 Å². The highest BCUT2D eigenvalue weighted by atomic mass is 35.5. The maximum atomic E-state index is 13.1. The molecule has 3 aromatic carbocycles. The summed E-state index contributed by atoms with van der Waals surface area (Å²) in [6.45, 7) is 0.580. The predicted molar refractivity (Wildman–Crippen MR) is 132 cm³/mol. The van der Waals surface area contributed by atoms with Gasteiger partial charge < -0.3 is 26.8 Å². The van der Waals surface area contributed by atoms with Crippen molar-refractivity contribution in [1.29, 1.82) is 0 Å². The lowest BCUT2D eigenvalue weighted by molar-refractivity contribution is 0.0840. The summed E-state index contributed by atoms with van der Waals surface area (Å²) in [6.07, 6.45) is -1.31. The highest BCUT2D eigenvalue weighted by molar-refractivity contribution is 6.39. The molecule has 0 fully saturated rings. The molecule has 0 aromatic heterocycles. The lowest BCUT2D eigenvalue weighted by atomic mass is 9.97. The number of hydrogen-bond donors (Lipinski definition) is 4. The Morgan fingerprint density at radius 1 is 1.09 bits per heavy atom. The van der Waals surface area contributed by atoms with Crippen LogP contribution in [-0.2, 0) is 6.42 Å². The minimum atomic E-state index is -1.08. The van der Waals surface area contributed by atoms with Crippen LogP contribution in [-0.4, -0.2) is 35.7 Å². The van der Waals surface area contributed by atoms with E-state index >= 15 is 0 Å². The molecule has 6 N–H and O–H groups in total. The highest BCUT2D eigenvalue weighted by Crippen LogP contribution is 2.39. The number of anilines is 3. The van der Waals surface area contributed by atoms with Gasteiger partial charge in [-0.1, -0.05) is 53.5 Å². The maximum absolute atomic E-state index is 13.1. The molecule has 0 bridgehead atoms. The zero-order chi connectivity index (χ0) is 23.3. The number of rotatable bonds is 3. The molecule has 3 aromatic rings. The summed E-state index contributed by atoms with van der Waals surface area (Å²) in [5.74, 6) is -0.482. The van der Waals surface area contributed by atoms with Crippen LogP contribution >= 0.6 is 23.2 Å². The Labute approximate surface area is 200 Å². The van der Waals surface area contributed by atoms with Gasteiger partial charge >= 0.3 is 0 Å². The van der Waals surface area contributed by atoms with Crippen LogP contribution in [0.15, 0.2) is 59.6 Å². The Kier molecular flexibility index (Phi) is 5.40. The molecule has 5 rings (SSSR count). The van der Waals surface area contributed by atoms with Gasteiger partial charge in [0.05, 0.1) is 27.1 Å².